The molecule has 1 fully saturated rings. The number of halogens is 2. The Morgan fingerprint density at radius 2 is 1.71 bits per heavy atom. The summed E-state index contributed by atoms with van der Waals surface area (Å²) in [6, 6.07) is 3.21. The fraction of sp³-hybridized carbons (Fsp3) is 0.474. The second-order valence-corrected chi connectivity index (χ2v) is 7.25. The molecule has 0 aliphatic carbocycles. The summed E-state index contributed by atoms with van der Waals surface area (Å²) in [5.74, 6) is -0.242. The van der Waals surface area contributed by atoms with E-state index in [-0.39, 0.29) is 17.4 Å². The summed E-state index contributed by atoms with van der Waals surface area (Å²) in [7, 11) is 3.75. The summed E-state index contributed by atoms with van der Waals surface area (Å²) < 4.78 is 26.5. The Hall–Kier alpha value is -2.84. The molecule has 0 atom stereocenters. The molecule has 0 unspecified atom stereocenters. The van der Waals surface area contributed by atoms with Crippen molar-refractivity contribution in [1.82, 2.24) is 19.9 Å². The van der Waals surface area contributed by atoms with Crippen molar-refractivity contribution in [1.29, 1.82) is 0 Å². The topological polar surface area (TPSA) is 65.5 Å². The summed E-state index contributed by atoms with van der Waals surface area (Å²) in [5, 5.41) is 0. The third-order valence-corrected chi connectivity index (χ3v) is 4.56. The number of carbonyl (C=O) groups is 1. The number of piperazine rings is 1. The number of carbonyl (C=O) groups excluding carboxylic acids is 1. The van der Waals surface area contributed by atoms with Crippen LogP contribution in [0.3, 0.4) is 0 Å². The van der Waals surface area contributed by atoms with E-state index in [1.807, 2.05) is 37.7 Å². The van der Waals surface area contributed by atoms with E-state index in [4.69, 9.17) is 0 Å². The molecule has 0 spiro atoms. The largest absolute Gasteiger partial charge is 0.347 e. The monoisotopic (exact) mass is 390 g/mol. The molecule has 1 saturated heterocycles. The molecular weight excluding hydrogens is 366 g/mol. The van der Waals surface area contributed by atoms with Gasteiger partial charge in [-0.1, -0.05) is 13.8 Å². The van der Waals surface area contributed by atoms with Gasteiger partial charge in [-0.3, -0.25) is 4.79 Å². The molecule has 9 heteroatoms. The molecule has 28 heavy (non-hydrogen) atoms. The number of hydrogen-bond donors (Lipinski definition) is 0. The average molecular weight is 390 g/mol. The van der Waals surface area contributed by atoms with Gasteiger partial charge in [0.15, 0.2) is 11.6 Å². The van der Waals surface area contributed by atoms with Crippen molar-refractivity contribution in [3.05, 3.63) is 41.2 Å². The number of aromatic nitrogens is 3. The molecule has 7 nitrogen and oxygen atoms in total. The van der Waals surface area contributed by atoms with Crippen molar-refractivity contribution in [2.75, 3.05) is 50.1 Å². The smallest absolute Gasteiger partial charge is 0.254 e. The second kappa shape index (κ2) is 8.04. The number of anilines is 2. The number of amides is 1. The van der Waals surface area contributed by atoms with Crippen LogP contribution in [0, 0.1) is 11.6 Å². The first-order valence-corrected chi connectivity index (χ1v) is 9.19. The van der Waals surface area contributed by atoms with Crippen LogP contribution in [-0.4, -0.2) is 66.0 Å². The van der Waals surface area contributed by atoms with Crippen LogP contribution in [0.5, 0.6) is 0 Å². The SMILES string of the molecule is CC(C)c1nc(N(C)C)nc(N2CCN(C(=O)c3ccc(F)c(F)c3)CC2)n1. The molecule has 3 rings (SSSR count). The minimum atomic E-state index is -1.02. The lowest BCUT2D eigenvalue weighted by Gasteiger charge is -2.35. The third kappa shape index (κ3) is 4.18. The summed E-state index contributed by atoms with van der Waals surface area (Å²) in [4.78, 5) is 31.6. The predicted octanol–water partition coefficient (Wildman–Crippen LogP) is 2.30. The summed E-state index contributed by atoms with van der Waals surface area (Å²) >= 11 is 0. The number of rotatable bonds is 4. The van der Waals surface area contributed by atoms with Crippen molar-refractivity contribution in [2.24, 2.45) is 0 Å². The van der Waals surface area contributed by atoms with E-state index >= 15 is 0 Å². The minimum Gasteiger partial charge on any atom is -0.347 e. The highest BCUT2D eigenvalue weighted by Gasteiger charge is 2.25. The normalized spacial score (nSPS) is 14.5. The molecule has 2 heterocycles. The number of hydrogen-bond acceptors (Lipinski definition) is 6. The summed E-state index contributed by atoms with van der Waals surface area (Å²) in [6.45, 7) is 6.03. The van der Waals surface area contributed by atoms with Crippen LogP contribution in [0.2, 0.25) is 0 Å². The van der Waals surface area contributed by atoms with Crippen molar-refractivity contribution in [2.45, 2.75) is 19.8 Å². The standard InChI is InChI=1S/C19H24F2N6O/c1-12(2)16-22-18(25(3)4)24-19(23-16)27-9-7-26(8-10-27)17(28)13-5-6-14(20)15(21)11-13/h5-6,11-12H,7-10H2,1-4H3. The fourth-order valence-corrected chi connectivity index (χ4v) is 2.89. The lowest BCUT2D eigenvalue weighted by Crippen LogP contribution is -2.49. The Morgan fingerprint density at radius 3 is 2.29 bits per heavy atom. The van der Waals surface area contributed by atoms with Gasteiger partial charge in [0.1, 0.15) is 5.82 Å². The van der Waals surface area contributed by atoms with E-state index in [9.17, 15) is 13.6 Å². The molecule has 1 aromatic heterocycles. The van der Waals surface area contributed by atoms with Crippen LogP contribution in [0.1, 0.15) is 35.9 Å². The average Bonchev–Trinajstić information content (AvgIpc) is 2.69. The number of benzene rings is 1. The highest BCUT2D eigenvalue weighted by molar-refractivity contribution is 5.94. The molecule has 2 aromatic rings. The molecule has 0 N–H and O–H groups in total. The molecule has 1 aromatic carbocycles. The maximum absolute atomic E-state index is 13.4. The Morgan fingerprint density at radius 1 is 1.04 bits per heavy atom. The summed E-state index contributed by atoms with van der Waals surface area (Å²) in [6.07, 6.45) is 0. The molecule has 0 saturated carbocycles. The van der Waals surface area contributed by atoms with Gasteiger partial charge in [-0.15, -0.1) is 0 Å². The van der Waals surface area contributed by atoms with Gasteiger partial charge >= 0.3 is 0 Å². The number of nitrogens with zero attached hydrogens (tertiary/aromatic N) is 6. The van der Waals surface area contributed by atoms with Gasteiger partial charge in [-0.25, -0.2) is 8.78 Å². The maximum atomic E-state index is 13.4. The lowest BCUT2D eigenvalue weighted by atomic mass is 10.1. The molecular formula is C19H24F2N6O. The van der Waals surface area contributed by atoms with Crippen molar-refractivity contribution in [3.8, 4) is 0 Å². The Kier molecular flexibility index (Phi) is 5.71. The van der Waals surface area contributed by atoms with Crippen molar-refractivity contribution < 1.29 is 13.6 Å². The molecule has 0 bridgehead atoms. The predicted molar refractivity (Wildman–Crippen MR) is 103 cm³/mol. The molecule has 1 aliphatic heterocycles. The van der Waals surface area contributed by atoms with Crippen LogP contribution < -0.4 is 9.80 Å². The van der Waals surface area contributed by atoms with E-state index in [2.05, 4.69) is 15.0 Å². The van der Waals surface area contributed by atoms with E-state index in [0.717, 1.165) is 12.1 Å². The van der Waals surface area contributed by atoms with Gasteiger partial charge in [0.25, 0.3) is 5.91 Å². The van der Waals surface area contributed by atoms with Gasteiger partial charge in [0, 0.05) is 51.8 Å². The van der Waals surface area contributed by atoms with Crippen LogP contribution in [0.25, 0.3) is 0 Å². The zero-order valence-electron chi connectivity index (χ0n) is 16.5. The van der Waals surface area contributed by atoms with Crippen molar-refractivity contribution >= 4 is 17.8 Å². The van der Waals surface area contributed by atoms with Crippen LogP contribution in [0.15, 0.2) is 18.2 Å². The first-order chi connectivity index (χ1) is 13.3. The fourth-order valence-electron chi connectivity index (χ4n) is 2.89. The van der Waals surface area contributed by atoms with Crippen LogP contribution >= 0.6 is 0 Å². The Labute approximate surface area is 163 Å². The van der Waals surface area contributed by atoms with Gasteiger partial charge in [-0.2, -0.15) is 15.0 Å². The Balaban J connectivity index is 1.73. The minimum absolute atomic E-state index is 0.143. The van der Waals surface area contributed by atoms with Crippen LogP contribution in [-0.2, 0) is 0 Å². The summed E-state index contributed by atoms with van der Waals surface area (Å²) in [5.41, 5.74) is 0.143. The quantitative estimate of drug-likeness (QED) is 0.798. The molecule has 150 valence electrons. The van der Waals surface area contributed by atoms with E-state index in [0.29, 0.717) is 43.9 Å². The molecule has 1 aliphatic rings. The third-order valence-electron chi connectivity index (χ3n) is 4.56. The Bertz CT molecular complexity index is 839. The van der Waals surface area contributed by atoms with E-state index in [1.165, 1.54) is 6.07 Å². The van der Waals surface area contributed by atoms with Gasteiger partial charge in [0.05, 0.1) is 0 Å². The van der Waals surface area contributed by atoms with E-state index in [1.54, 1.807) is 4.90 Å². The first kappa shape index (κ1) is 19.9. The first-order valence-electron chi connectivity index (χ1n) is 9.19. The highest BCUT2D eigenvalue weighted by atomic mass is 19.2. The molecule has 1 amide bonds. The van der Waals surface area contributed by atoms with Crippen LogP contribution in [0.4, 0.5) is 20.7 Å². The highest BCUT2D eigenvalue weighted by Crippen LogP contribution is 2.20. The molecule has 0 radical (unpaired) electrons. The van der Waals surface area contributed by atoms with E-state index < -0.39 is 11.6 Å². The second-order valence-electron chi connectivity index (χ2n) is 7.25. The maximum Gasteiger partial charge on any atom is 0.254 e. The van der Waals surface area contributed by atoms with Gasteiger partial charge in [0.2, 0.25) is 11.9 Å². The van der Waals surface area contributed by atoms with Crippen molar-refractivity contribution in [3.63, 3.8) is 0 Å². The zero-order chi connectivity index (χ0) is 20.4. The lowest BCUT2D eigenvalue weighted by molar-refractivity contribution is 0.0745. The van der Waals surface area contributed by atoms with Gasteiger partial charge < -0.3 is 14.7 Å². The van der Waals surface area contributed by atoms with Gasteiger partial charge in [-0.05, 0) is 18.2 Å². The zero-order valence-corrected chi connectivity index (χ0v) is 16.5.